The fraction of sp³-hybridized carbons (Fsp3) is 0.0870. The average Bonchev–Trinajstić information content (AvgIpc) is 3.17. The second-order valence-electron chi connectivity index (χ2n) is 6.69. The van der Waals surface area contributed by atoms with E-state index < -0.39 is 10.0 Å². The molecule has 0 fully saturated rings. The van der Waals surface area contributed by atoms with Crippen molar-refractivity contribution in [2.24, 2.45) is 0 Å². The second kappa shape index (κ2) is 8.43. The molecule has 0 aliphatic rings. The quantitative estimate of drug-likeness (QED) is 0.506. The van der Waals surface area contributed by atoms with Gasteiger partial charge in [-0.05, 0) is 17.7 Å². The van der Waals surface area contributed by atoms with Crippen LogP contribution in [0.15, 0.2) is 102 Å². The summed E-state index contributed by atoms with van der Waals surface area (Å²) in [5.41, 5.74) is 3.68. The van der Waals surface area contributed by atoms with Gasteiger partial charge in [-0.25, -0.2) is 13.1 Å². The van der Waals surface area contributed by atoms with Crippen molar-refractivity contribution in [1.82, 2.24) is 14.5 Å². The van der Waals surface area contributed by atoms with Crippen LogP contribution in [0.1, 0.15) is 11.1 Å². The zero-order chi connectivity index (χ0) is 20.1. The molecule has 0 aliphatic heterocycles. The first-order valence-electron chi connectivity index (χ1n) is 9.32. The molecule has 0 atom stereocenters. The predicted octanol–water partition coefficient (Wildman–Crippen LogP) is 4.08. The van der Waals surface area contributed by atoms with Crippen molar-refractivity contribution in [3.63, 3.8) is 0 Å². The molecule has 0 spiro atoms. The minimum atomic E-state index is -3.59. The Morgan fingerprint density at radius 1 is 0.793 bits per heavy atom. The summed E-state index contributed by atoms with van der Waals surface area (Å²) in [5, 5.41) is 4.73. The molecule has 4 aromatic rings. The smallest absolute Gasteiger partial charge is 0.240 e. The molecule has 4 rings (SSSR count). The van der Waals surface area contributed by atoms with Crippen LogP contribution in [0.2, 0.25) is 0 Å². The summed E-state index contributed by atoms with van der Waals surface area (Å²) in [6.07, 6.45) is 1.91. The van der Waals surface area contributed by atoms with Crippen LogP contribution in [-0.2, 0) is 23.1 Å². The number of hydrogen-bond donors (Lipinski definition) is 1. The molecule has 5 nitrogen and oxygen atoms in total. The number of nitrogens with zero attached hydrogens (tertiary/aromatic N) is 2. The molecule has 146 valence electrons. The van der Waals surface area contributed by atoms with Gasteiger partial charge in [-0.3, -0.25) is 4.68 Å². The molecular weight excluding hydrogens is 382 g/mol. The third-order valence-electron chi connectivity index (χ3n) is 4.58. The summed E-state index contributed by atoms with van der Waals surface area (Å²) in [6.45, 7) is 0.780. The van der Waals surface area contributed by atoms with Crippen LogP contribution in [0.5, 0.6) is 0 Å². The van der Waals surface area contributed by atoms with Crippen LogP contribution in [0.3, 0.4) is 0 Å². The highest BCUT2D eigenvalue weighted by atomic mass is 32.2. The van der Waals surface area contributed by atoms with E-state index in [1.807, 2.05) is 71.5 Å². The molecule has 0 aliphatic carbocycles. The summed E-state index contributed by atoms with van der Waals surface area (Å²) in [7, 11) is -3.59. The third-order valence-corrected chi connectivity index (χ3v) is 6.00. The largest absolute Gasteiger partial charge is 0.267 e. The molecule has 1 heterocycles. The first-order valence-corrected chi connectivity index (χ1v) is 10.8. The summed E-state index contributed by atoms with van der Waals surface area (Å²) >= 11 is 0. The average molecular weight is 404 g/mol. The van der Waals surface area contributed by atoms with E-state index in [1.54, 1.807) is 30.3 Å². The van der Waals surface area contributed by atoms with Crippen molar-refractivity contribution < 1.29 is 8.42 Å². The van der Waals surface area contributed by atoms with Crippen molar-refractivity contribution in [2.45, 2.75) is 18.0 Å². The van der Waals surface area contributed by atoms with E-state index in [0.29, 0.717) is 6.54 Å². The summed E-state index contributed by atoms with van der Waals surface area (Å²) in [5.74, 6) is 0. The Kier molecular flexibility index (Phi) is 5.55. The van der Waals surface area contributed by atoms with E-state index in [9.17, 15) is 8.42 Å². The lowest BCUT2D eigenvalue weighted by molar-refractivity contribution is 0.581. The van der Waals surface area contributed by atoms with Gasteiger partial charge < -0.3 is 0 Å². The van der Waals surface area contributed by atoms with Crippen LogP contribution in [0.4, 0.5) is 0 Å². The van der Waals surface area contributed by atoms with Crippen molar-refractivity contribution in [3.8, 4) is 11.3 Å². The molecule has 0 unspecified atom stereocenters. The molecule has 1 aromatic heterocycles. The predicted molar refractivity (Wildman–Crippen MR) is 114 cm³/mol. The van der Waals surface area contributed by atoms with E-state index in [-0.39, 0.29) is 11.4 Å². The summed E-state index contributed by atoms with van der Waals surface area (Å²) in [6, 6.07) is 28.2. The lowest BCUT2D eigenvalue weighted by Crippen LogP contribution is -2.23. The first kappa shape index (κ1) is 19.1. The van der Waals surface area contributed by atoms with Crippen molar-refractivity contribution in [3.05, 3.63) is 108 Å². The van der Waals surface area contributed by atoms with Crippen LogP contribution >= 0.6 is 0 Å². The maximum Gasteiger partial charge on any atom is 0.240 e. The van der Waals surface area contributed by atoms with Crippen molar-refractivity contribution >= 4 is 10.0 Å². The topological polar surface area (TPSA) is 64.0 Å². The van der Waals surface area contributed by atoms with Gasteiger partial charge in [0.15, 0.2) is 0 Å². The van der Waals surface area contributed by atoms with Crippen molar-refractivity contribution in [1.29, 1.82) is 0 Å². The van der Waals surface area contributed by atoms with Gasteiger partial charge in [-0.1, -0.05) is 78.9 Å². The Balaban J connectivity index is 1.62. The SMILES string of the molecule is O=S(=O)(NCc1cn(Cc2ccccc2)nc1-c1ccccc1)c1ccccc1. The number of nitrogens with one attached hydrogen (secondary N) is 1. The number of sulfonamides is 1. The van der Waals surface area contributed by atoms with Gasteiger partial charge in [0, 0.05) is 23.9 Å². The molecule has 0 bridgehead atoms. The molecule has 0 saturated carbocycles. The Hall–Kier alpha value is -3.22. The first-order chi connectivity index (χ1) is 14.1. The Morgan fingerprint density at radius 2 is 1.38 bits per heavy atom. The Labute approximate surface area is 170 Å². The minimum Gasteiger partial charge on any atom is -0.267 e. The summed E-state index contributed by atoms with van der Waals surface area (Å²) < 4.78 is 29.8. The minimum absolute atomic E-state index is 0.163. The molecule has 1 N–H and O–H groups in total. The maximum atomic E-state index is 12.6. The zero-order valence-electron chi connectivity index (χ0n) is 15.8. The number of benzene rings is 3. The van der Waals surface area contributed by atoms with E-state index >= 15 is 0 Å². The van der Waals surface area contributed by atoms with Crippen LogP contribution in [0.25, 0.3) is 11.3 Å². The van der Waals surface area contributed by atoms with E-state index in [4.69, 9.17) is 5.10 Å². The van der Waals surface area contributed by atoms with Crippen molar-refractivity contribution in [2.75, 3.05) is 0 Å². The zero-order valence-corrected chi connectivity index (χ0v) is 16.6. The molecule has 0 amide bonds. The van der Waals surface area contributed by atoms with E-state index in [2.05, 4.69) is 4.72 Å². The van der Waals surface area contributed by atoms with Gasteiger partial charge in [0.25, 0.3) is 0 Å². The van der Waals surface area contributed by atoms with Gasteiger partial charge in [0.1, 0.15) is 0 Å². The molecular formula is C23H21N3O2S. The highest BCUT2D eigenvalue weighted by Crippen LogP contribution is 2.23. The maximum absolute atomic E-state index is 12.6. The van der Waals surface area contributed by atoms with Crippen LogP contribution < -0.4 is 4.72 Å². The van der Waals surface area contributed by atoms with E-state index in [1.165, 1.54) is 0 Å². The lowest BCUT2D eigenvalue weighted by atomic mass is 10.1. The second-order valence-corrected chi connectivity index (χ2v) is 8.46. The standard InChI is InChI=1S/C23H21N3O2S/c27-29(28,22-14-8-3-9-15-22)24-16-21-18-26(17-19-10-4-1-5-11-19)25-23(21)20-12-6-2-7-13-20/h1-15,18,24H,16-17H2. The summed E-state index contributed by atoms with van der Waals surface area (Å²) in [4.78, 5) is 0.248. The normalized spacial score (nSPS) is 11.4. The van der Waals surface area contributed by atoms with Crippen LogP contribution in [-0.4, -0.2) is 18.2 Å². The van der Waals surface area contributed by atoms with Gasteiger partial charge in [-0.15, -0.1) is 0 Å². The molecule has 0 radical (unpaired) electrons. The van der Waals surface area contributed by atoms with Gasteiger partial charge in [0.2, 0.25) is 10.0 Å². The molecule has 29 heavy (non-hydrogen) atoms. The fourth-order valence-corrected chi connectivity index (χ4v) is 4.17. The molecule has 6 heteroatoms. The highest BCUT2D eigenvalue weighted by molar-refractivity contribution is 7.89. The lowest BCUT2D eigenvalue weighted by Gasteiger charge is -2.07. The Bertz CT molecular complexity index is 1170. The number of rotatable bonds is 7. The fourth-order valence-electron chi connectivity index (χ4n) is 3.14. The van der Waals surface area contributed by atoms with Gasteiger partial charge in [0.05, 0.1) is 17.1 Å². The number of hydrogen-bond acceptors (Lipinski definition) is 3. The third kappa shape index (κ3) is 4.62. The molecule has 3 aromatic carbocycles. The highest BCUT2D eigenvalue weighted by Gasteiger charge is 2.17. The van der Waals surface area contributed by atoms with Crippen LogP contribution in [0, 0.1) is 0 Å². The van der Waals surface area contributed by atoms with E-state index in [0.717, 1.165) is 22.4 Å². The molecule has 0 saturated heterocycles. The van der Waals surface area contributed by atoms with Gasteiger partial charge >= 0.3 is 0 Å². The monoisotopic (exact) mass is 403 g/mol. The Morgan fingerprint density at radius 3 is 2.03 bits per heavy atom. The number of aromatic nitrogens is 2. The van der Waals surface area contributed by atoms with Gasteiger partial charge in [-0.2, -0.15) is 5.10 Å².